The zero-order valence-electron chi connectivity index (χ0n) is 15.7. The molecule has 9 heteroatoms. The highest BCUT2D eigenvalue weighted by molar-refractivity contribution is 7.20. The van der Waals surface area contributed by atoms with Gasteiger partial charge in [0.25, 0.3) is 5.56 Å². The van der Waals surface area contributed by atoms with Gasteiger partial charge < -0.3 is 14.5 Å². The molecule has 0 amide bonds. The SMILES string of the molecule is CCOC(=O)[C@@H]1CCCN(Cc2nc3sc(C(=O)OC)c(C)c3c(=O)[nH]2)C1. The molecule has 0 radical (unpaired) electrons. The summed E-state index contributed by atoms with van der Waals surface area (Å²) in [5.74, 6) is -0.265. The molecule has 8 nitrogen and oxygen atoms in total. The number of esters is 2. The van der Waals surface area contributed by atoms with Gasteiger partial charge in [0.15, 0.2) is 0 Å². The molecule has 0 spiro atoms. The van der Waals surface area contributed by atoms with Crippen LogP contribution in [0, 0.1) is 12.8 Å². The molecule has 2 aromatic rings. The second-order valence-corrected chi connectivity index (χ2v) is 7.57. The molecule has 0 bridgehead atoms. The van der Waals surface area contributed by atoms with Crippen molar-refractivity contribution in [3.63, 3.8) is 0 Å². The number of aromatic nitrogens is 2. The second kappa shape index (κ2) is 8.18. The van der Waals surface area contributed by atoms with Crippen molar-refractivity contribution in [2.75, 3.05) is 26.8 Å². The first kappa shape index (κ1) is 19.5. The molecule has 3 heterocycles. The lowest BCUT2D eigenvalue weighted by molar-refractivity contribution is -0.150. The zero-order chi connectivity index (χ0) is 19.6. The quantitative estimate of drug-likeness (QED) is 0.774. The van der Waals surface area contributed by atoms with Crippen LogP contribution in [0.15, 0.2) is 4.79 Å². The molecule has 1 saturated heterocycles. The van der Waals surface area contributed by atoms with Crippen molar-refractivity contribution >= 4 is 33.5 Å². The number of aromatic amines is 1. The standard InChI is InChI=1S/C18H23N3O5S/c1-4-26-17(23)11-6-5-7-21(8-11)9-12-19-15(22)13-10(2)14(18(24)25-3)27-16(13)20-12/h11H,4-9H2,1-3H3,(H,19,20,22)/t11-/m1/s1. The number of H-pyrrole nitrogens is 1. The Morgan fingerprint density at radius 2 is 2.19 bits per heavy atom. The molecule has 0 aromatic carbocycles. The summed E-state index contributed by atoms with van der Waals surface area (Å²) in [5, 5.41) is 0.423. The predicted octanol–water partition coefficient (Wildman–Crippen LogP) is 1.85. The van der Waals surface area contributed by atoms with Gasteiger partial charge in [0.05, 0.1) is 31.6 Å². The minimum absolute atomic E-state index is 0.149. The molecule has 146 valence electrons. The number of methoxy groups -OCH3 is 1. The smallest absolute Gasteiger partial charge is 0.348 e. The monoisotopic (exact) mass is 393 g/mol. The first-order chi connectivity index (χ1) is 12.9. The number of rotatable bonds is 5. The summed E-state index contributed by atoms with van der Waals surface area (Å²) in [6.45, 7) is 5.74. The molecule has 3 rings (SSSR count). The summed E-state index contributed by atoms with van der Waals surface area (Å²) >= 11 is 1.16. The molecule has 2 aromatic heterocycles. The number of carbonyl (C=O) groups is 2. The average Bonchev–Trinajstić information content (AvgIpc) is 2.98. The summed E-state index contributed by atoms with van der Waals surface area (Å²) in [7, 11) is 1.31. The molecular formula is C18H23N3O5S. The Morgan fingerprint density at radius 1 is 1.41 bits per heavy atom. The molecular weight excluding hydrogens is 370 g/mol. The Balaban J connectivity index is 1.82. The molecule has 0 saturated carbocycles. The molecule has 0 aliphatic carbocycles. The molecule has 1 N–H and O–H groups in total. The summed E-state index contributed by atoms with van der Waals surface area (Å²) in [6, 6.07) is 0. The number of thiophene rings is 1. The normalized spacial score (nSPS) is 17.8. The summed E-state index contributed by atoms with van der Waals surface area (Å²) in [6.07, 6.45) is 1.70. The van der Waals surface area contributed by atoms with Crippen LogP contribution in [-0.4, -0.2) is 53.6 Å². The van der Waals surface area contributed by atoms with Crippen LogP contribution in [0.1, 0.15) is 40.8 Å². The number of nitrogens with zero attached hydrogens (tertiary/aromatic N) is 2. The van der Waals surface area contributed by atoms with Crippen LogP contribution in [-0.2, 0) is 20.8 Å². The van der Waals surface area contributed by atoms with Gasteiger partial charge >= 0.3 is 11.9 Å². The van der Waals surface area contributed by atoms with Gasteiger partial charge in [-0.3, -0.25) is 14.5 Å². The van der Waals surface area contributed by atoms with E-state index in [4.69, 9.17) is 9.47 Å². The third-order valence-corrected chi connectivity index (χ3v) is 5.88. The number of likely N-dealkylation sites (tertiary alicyclic amines) is 1. The zero-order valence-corrected chi connectivity index (χ0v) is 16.5. The number of fused-ring (bicyclic) bond motifs is 1. The van der Waals surface area contributed by atoms with Crippen molar-refractivity contribution in [1.82, 2.24) is 14.9 Å². The first-order valence-electron chi connectivity index (χ1n) is 8.94. The predicted molar refractivity (Wildman–Crippen MR) is 101 cm³/mol. The van der Waals surface area contributed by atoms with E-state index in [1.807, 2.05) is 0 Å². The van der Waals surface area contributed by atoms with Crippen LogP contribution in [0.4, 0.5) is 0 Å². The number of ether oxygens (including phenoxy) is 2. The minimum Gasteiger partial charge on any atom is -0.466 e. The number of hydrogen-bond donors (Lipinski definition) is 1. The van der Waals surface area contributed by atoms with Gasteiger partial charge in [-0.1, -0.05) is 0 Å². The highest BCUT2D eigenvalue weighted by Crippen LogP contribution is 2.28. The molecule has 1 fully saturated rings. The van der Waals surface area contributed by atoms with Crippen LogP contribution >= 0.6 is 11.3 Å². The molecule has 1 aliphatic rings. The first-order valence-corrected chi connectivity index (χ1v) is 9.75. The van der Waals surface area contributed by atoms with Crippen LogP contribution in [0.2, 0.25) is 0 Å². The lowest BCUT2D eigenvalue weighted by Gasteiger charge is -2.30. The van der Waals surface area contributed by atoms with Crippen molar-refractivity contribution in [3.8, 4) is 0 Å². The van der Waals surface area contributed by atoms with Crippen molar-refractivity contribution < 1.29 is 19.1 Å². The highest BCUT2D eigenvalue weighted by atomic mass is 32.1. The third-order valence-electron chi connectivity index (χ3n) is 4.72. The molecule has 1 aliphatic heterocycles. The maximum absolute atomic E-state index is 12.5. The maximum atomic E-state index is 12.5. The average molecular weight is 393 g/mol. The van der Waals surface area contributed by atoms with Gasteiger partial charge in [-0.15, -0.1) is 11.3 Å². The van der Waals surface area contributed by atoms with Crippen LogP contribution in [0.25, 0.3) is 10.2 Å². The van der Waals surface area contributed by atoms with E-state index >= 15 is 0 Å². The fraction of sp³-hybridized carbons (Fsp3) is 0.556. The van der Waals surface area contributed by atoms with Crippen molar-refractivity contribution in [1.29, 1.82) is 0 Å². The Morgan fingerprint density at radius 3 is 2.89 bits per heavy atom. The number of nitrogens with one attached hydrogen (secondary N) is 1. The molecule has 1 atom stereocenters. The Bertz CT molecular complexity index is 920. The van der Waals surface area contributed by atoms with Gasteiger partial charge in [-0.2, -0.15) is 0 Å². The summed E-state index contributed by atoms with van der Waals surface area (Å²) in [5.41, 5.74) is 0.320. The van der Waals surface area contributed by atoms with E-state index in [1.165, 1.54) is 7.11 Å². The van der Waals surface area contributed by atoms with Crippen molar-refractivity contribution in [2.45, 2.75) is 33.2 Å². The van der Waals surface area contributed by atoms with E-state index in [2.05, 4.69) is 14.9 Å². The van der Waals surface area contributed by atoms with Crippen molar-refractivity contribution in [3.05, 3.63) is 26.6 Å². The van der Waals surface area contributed by atoms with E-state index in [0.29, 0.717) is 46.2 Å². The third kappa shape index (κ3) is 4.03. The number of carbonyl (C=O) groups excluding carboxylic acids is 2. The van der Waals surface area contributed by atoms with Gasteiger partial charge in [0.2, 0.25) is 0 Å². The van der Waals surface area contributed by atoms with E-state index < -0.39 is 5.97 Å². The Labute approximate surface area is 160 Å². The topological polar surface area (TPSA) is 102 Å². The highest BCUT2D eigenvalue weighted by Gasteiger charge is 2.27. The van der Waals surface area contributed by atoms with E-state index in [0.717, 1.165) is 30.7 Å². The fourth-order valence-electron chi connectivity index (χ4n) is 3.41. The Kier molecular flexibility index (Phi) is 5.91. The number of hydrogen-bond acceptors (Lipinski definition) is 8. The summed E-state index contributed by atoms with van der Waals surface area (Å²) < 4.78 is 9.90. The van der Waals surface area contributed by atoms with Crippen molar-refractivity contribution in [2.24, 2.45) is 5.92 Å². The minimum atomic E-state index is -0.468. The lowest BCUT2D eigenvalue weighted by atomic mass is 9.98. The second-order valence-electron chi connectivity index (χ2n) is 6.57. The van der Waals surface area contributed by atoms with E-state index in [9.17, 15) is 14.4 Å². The maximum Gasteiger partial charge on any atom is 0.348 e. The van der Waals surface area contributed by atoms with Gasteiger partial charge in [-0.05, 0) is 38.8 Å². The largest absolute Gasteiger partial charge is 0.466 e. The van der Waals surface area contributed by atoms with Gasteiger partial charge in [0, 0.05) is 6.54 Å². The van der Waals surface area contributed by atoms with Gasteiger partial charge in [0.1, 0.15) is 15.5 Å². The number of piperidine rings is 1. The van der Waals surface area contributed by atoms with Crippen LogP contribution in [0.5, 0.6) is 0 Å². The number of aryl methyl sites for hydroxylation is 1. The fourth-order valence-corrected chi connectivity index (χ4v) is 4.53. The Hall–Kier alpha value is -2.26. The van der Waals surface area contributed by atoms with Crippen LogP contribution in [0.3, 0.4) is 0 Å². The van der Waals surface area contributed by atoms with Crippen LogP contribution < -0.4 is 5.56 Å². The lowest BCUT2D eigenvalue weighted by Crippen LogP contribution is -2.39. The molecule has 27 heavy (non-hydrogen) atoms. The van der Waals surface area contributed by atoms with E-state index in [1.54, 1.807) is 13.8 Å². The molecule has 0 unspecified atom stereocenters. The van der Waals surface area contributed by atoms with Gasteiger partial charge in [-0.25, -0.2) is 9.78 Å². The summed E-state index contributed by atoms with van der Waals surface area (Å²) in [4.78, 5) is 46.7. The van der Waals surface area contributed by atoms with E-state index in [-0.39, 0.29) is 17.4 Å².